The maximum Gasteiger partial charge on any atom is 0.125 e. The van der Waals surface area contributed by atoms with Gasteiger partial charge in [-0.25, -0.2) is 0 Å². The number of aliphatic hydroxyl groups excluding tert-OH is 1. The summed E-state index contributed by atoms with van der Waals surface area (Å²) in [6.45, 7) is 2.26. The van der Waals surface area contributed by atoms with Gasteiger partial charge in [-0.1, -0.05) is 44.4 Å². The lowest BCUT2D eigenvalue weighted by atomic mass is 9.85. The summed E-state index contributed by atoms with van der Waals surface area (Å²) in [5.41, 5.74) is 0.118. The van der Waals surface area contributed by atoms with Crippen LogP contribution in [0.3, 0.4) is 0 Å². The van der Waals surface area contributed by atoms with Crippen LogP contribution >= 0.6 is 0 Å². The predicted molar refractivity (Wildman–Crippen MR) is 75.2 cm³/mol. The molecule has 1 atom stereocenters. The van der Waals surface area contributed by atoms with E-state index in [4.69, 9.17) is 4.74 Å². The summed E-state index contributed by atoms with van der Waals surface area (Å²) in [5.74, 6) is 0.691. The first kappa shape index (κ1) is 14.4. The minimum absolute atomic E-state index is 0.320. The molecule has 1 fully saturated rings. The molecule has 0 spiro atoms. The SMILES string of the molecule is CCC(O)c1ccccc1OCC1(O)CCCCC1. The summed E-state index contributed by atoms with van der Waals surface area (Å²) in [6, 6.07) is 7.54. The minimum atomic E-state index is -0.692. The topological polar surface area (TPSA) is 49.7 Å². The van der Waals surface area contributed by atoms with Crippen LogP contribution in [-0.2, 0) is 0 Å². The molecule has 0 amide bonds. The molecule has 1 aromatic rings. The summed E-state index contributed by atoms with van der Waals surface area (Å²) in [7, 11) is 0. The monoisotopic (exact) mass is 264 g/mol. The van der Waals surface area contributed by atoms with Crippen molar-refractivity contribution in [2.75, 3.05) is 6.61 Å². The average molecular weight is 264 g/mol. The second kappa shape index (κ2) is 6.40. The molecule has 0 heterocycles. The Bertz CT molecular complexity index is 397. The van der Waals surface area contributed by atoms with E-state index >= 15 is 0 Å². The van der Waals surface area contributed by atoms with E-state index in [2.05, 4.69) is 0 Å². The van der Waals surface area contributed by atoms with Crippen molar-refractivity contribution in [1.29, 1.82) is 0 Å². The number of hydrogen-bond donors (Lipinski definition) is 2. The van der Waals surface area contributed by atoms with Gasteiger partial charge < -0.3 is 14.9 Å². The van der Waals surface area contributed by atoms with Crippen molar-refractivity contribution in [3.8, 4) is 5.75 Å². The van der Waals surface area contributed by atoms with Gasteiger partial charge >= 0.3 is 0 Å². The molecular weight excluding hydrogens is 240 g/mol. The molecule has 1 aromatic carbocycles. The van der Waals surface area contributed by atoms with Crippen LogP contribution in [0.2, 0.25) is 0 Å². The summed E-state index contributed by atoms with van der Waals surface area (Å²) in [5, 5.41) is 20.4. The van der Waals surface area contributed by atoms with Crippen LogP contribution < -0.4 is 4.74 Å². The van der Waals surface area contributed by atoms with Crippen molar-refractivity contribution in [3.63, 3.8) is 0 Å². The molecular formula is C16H24O3. The predicted octanol–water partition coefficient (Wildman–Crippen LogP) is 3.20. The highest BCUT2D eigenvalue weighted by Gasteiger charge is 2.30. The first-order chi connectivity index (χ1) is 9.14. The molecule has 1 aliphatic carbocycles. The van der Waals surface area contributed by atoms with Gasteiger partial charge in [0.05, 0.1) is 11.7 Å². The highest BCUT2D eigenvalue weighted by molar-refractivity contribution is 5.35. The zero-order chi connectivity index (χ0) is 13.7. The van der Waals surface area contributed by atoms with E-state index < -0.39 is 11.7 Å². The Kier molecular flexibility index (Phi) is 4.83. The molecule has 0 bridgehead atoms. The van der Waals surface area contributed by atoms with Gasteiger partial charge in [-0.2, -0.15) is 0 Å². The van der Waals surface area contributed by atoms with E-state index in [1.54, 1.807) is 0 Å². The van der Waals surface area contributed by atoms with E-state index in [1.165, 1.54) is 6.42 Å². The molecule has 1 aliphatic rings. The molecule has 0 aliphatic heterocycles. The lowest BCUT2D eigenvalue weighted by molar-refractivity contribution is -0.0346. The highest BCUT2D eigenvalue weighted by Crippen LogP contribution is 2.31. The molecule has 1 unspecified atom stereocenters. The van der Waals surface area contributed by atoms with E-state index in [1.807, 2.05) is 31.2 Å². The molecule has 106 valence electrons. The number of para-hydroxylation sites is 1. The fourth-order valence-corrected chi connectivity index (χ4v) is 2.67. The third-order valence-corrected chi connectivity index (χ3v) is 3.95. The van der Waals surface area contributed by atoms with Gasteiger partial charge in [0.2, 0.25) is 0 Å². The Morgan fingerprint density at radius 1 is 1.21 bits per heavy atom. The van der Waals surface area contributed by atoms with Gasteiger partial charge in [-0.15, -0.1) is 0 Å². The number of rotatable bonds is 5. The van der Waals surface area contributed by atoms with Gasteiger partial charge in [0.25, 0.3) is 0 Å². The van der Waals surface area contributed by atoms with Crippen LogP contribution in [0.1, 0.15) is 57.1 Å². The maximum absolute atomic E-state index is 10.4. The van der Waals surface area contributed by atoms with E-state index in [0.29, 0.717) is 18.8 Å². The Labute approximate surface area is 115 Å². The van der Waals surface area contributed by atoms with Crippen molar-refractivity contribution < 1.29 is 14.9 Å². The van der Waals surface area contributed by atoms with Crippen LogP contribution in [-0.4, -0.2) is 22.4 Å². The third kappa shape index (κ3) is 3.71. The quantitative estimate of drug-likeness (QED) is 0.858. The Morgan fingerprint density at radius 3 is 2.58 bits per heavy atom. The summed E-state index contributed by atoms with van der Waals surface area (Å²) >= 11 is 0. The molecule has 2 N–H and O–H groups in total. The van der Waals surface area contributed by atoms with Crippen molar-refractivity contribution in [3.05, 3.63) is 29.8 Å². The maximum atomic E-state index is 10.4. The van der Waals surface area contributed by atoms with Crippen LogP contribution in [0.15, 0.2) is 24.3 Å². The van der Waals surface area contributed by atoms with Crippen LogP contribution in [0.5, 0.6) is 5.75 Å². The van der Waals surface area contributed by atoms with Gasteiger partial charge in [-0.3, -0.25) is 0 Å². The number of benzene rings is 1. The lowest BCUT2D eigenvalue weighted by Gasteiger charge is -2.32. The molecule has 3 heteroatoms. The third-order valence-electron chi connectivity index (χ3n) is 3.95. The summed E-state index contributed by atoms with van der Waals surface area (Å²) in [6.07, 6.45) is 5.12. The number of aliphatic hydroxyl groups is 2. The second-order valence-electron chi connectivity index (χ2n) is 5.54. The Morgan fingerprint density at radius 2 is 1.89 bits per heavy atom. The van der Waals surface area contributed by atoms with Crippen molar-refractivity contribution in [2.45, 2.75) is 57.2 Å². The number of ether oxygens (including phenoxy) is 1. The van der Waals surface area contributed by atoms with E-state index in [0.717, 1.165) is 31.2 Å². The van der Waals surface area contributed by atoms with E-state index in [9.17, 15) is 10.2 Å². The van der Waals surface area contributed by atoms with Gasteiger partial charge in [0.1, 0.15) is 12.4 Å². The van der Waals surface area contributed by atoms with Gasteiger partial charge in [0, 0.05) is 5.56 Å². The molecule has 3 nitrogen and oxygen atoms in total. The van der Waals surface area contributed by atoms with Gasteiger partial charge in [-0.05, 0) is 25.3 Å². The zero-order valence-electron chi connectivity index (χ0n) is 11.6. The molecule has 0 radical (unpaired) electrons. The largest absolute Gasteiger partial charge is 0.490 e. The van der Waals surface area contributed by atoms with E-state index in [-0.39, 0.29) is 0 Å². The Balaban J connectivity index is 2.02. The lowest BCUT2D eigenvalue weighted by Crippen LogP contribution is -2.38. The molecule has 1 saturated carbocycles. The fraction of sp³-hybridized carbons (Fsp3) is 0.625. The molecule has 2 rings (SSSR count). The van der Waals surface area contributed by atoms with Crippen molar-refractivity contribution >= 4 is 0 Å². The van der Waals surface area contributed by atoms with Crippen LogP contribution in [0.4, 0.5) is 0 Å². The van der Waals surface area contributed by atoms with Crippen molar-refractivity contribution in [2.24, 2.45) is 0 Å². The molecule has 0 saturated heterocycles. The first-order valence-corrected chi connectivity index (χ1v) is 7.27. The van der Waals surface area contributed by atoms with Crippen LogP contribution in [0, 0.1) is 0 Å². The fourth-order valence-electron chi connectivity index (χ4n) is 2.67. The highest BCUT2D eigenvalue weighted by atomic mass is 16.5. The normalized spacial score (nSPS) is 19.9. The Hall–Kier alpha value is -1.06. The standard InChI is InChI=1S/C16H24O3/c1-2-14(17)13-8-4-5-9-15(13)19-12-16(18)10-6-3-7-11-16/h4-5,8-9,14,17-18H,2-3,6-7,10-12H2,1H3. The zero-order valence-corrected chi connectivity index (χ0v) is 11.6. The minimum Gasteiger partial charge on any atom is -0.490 e. The first-order valence-electron chi connectivity index (χ1n) is 7.27. The average Bonchev–Trinajstić information content (AvgIpc) is 2.45. The molecule has 0 aromatic heterocycles. The smallest absolute Gasteiger partial charge is 0.125 e. The molecule has 19 heavy (non-hydrogen) atoms. The van der Waals surface area contributed by atoms with Crippen molar-refractivity contribution in [1.82, 2.24) is 0 Å². The summed E-state index contributed by atoms with van der Waals surface area (Å²) in [4.78, 5) is 0. The summed E-state index contributed by atoms with van der Waals surface area (Å²) < 4.78 is 5.79. The second-order valence-corrected chi connectivity index (χ2v) is 5.54. The number of hydrogen-bond acceptors (Lipinski definition) is 3. The van der Waals surface area contributed by atoms with Gasteiger partial charge in [0.15, 0.2) is 0 Å². The van der Waals surface area contributed by atoms with Crippen LogP contribution in [0.25, 0.3) is 0 Å².